The zero-order valence-electron chi connectivity index (χ0n) is 14.9. The molecule has 3 aromatic rings. The standard InChI is InChI=1S/C18H19N3O3S3/c1-3-9-27(23,24)21-15-6-4-5-14(12(15)2)19-17(22)16-11-26-18(20-16)13-7-8-25-10-13/h4-8,10-11,21H,3,9H2,1-2H3,(H,19,22). The predicted octanol–water partition coefficient (Wildman–Crippen LogP) is 4.58. The molecule has 0 atom stereocenters. The van der Waals surface area contributed by atoms with Crippen molar-refractivity contribution in [2.24, 2.45) is 0 Å². The lowest BCUT2D eigenvalue weighted by Gasteiger charge is -2.13. The number of nitrogens with one attached hydrogen (secondary N) is 2. The molecule has 0 radical (unpaired) electrons. The number of sulfonamides is 1. The molecule has 0 unspecified atom stereocenters. The first kappa shape index (κ1) is 19.5. The Balaban J connectivity index is 1.78. The molecule has 0 saturated carbocycles. The highest BCUT2D eigenvalue weighted by Gasteiger charge is 2.16. The fourth-order valence-corrected chi connectivity index (χ4v) is 5.16. The first-order valence-corrected chi connectivity index (χ1v) is 11.8. The molecule has 1 amide bonds. The number of anilines is 2. The average molecular weight is 422 g/mol. The SMILES string of the molecule is CCCS(=O)(=O)Nc1cccc(NC(=O)c2csc(-c3ccsc3)n2)c1C. The summed E-state index contributed by atoms with van der Waals surface area (Å²) >= 11 is 2.99. The van der Waals surface area contributed by atoms with E-state index in [0.717, 1.165) is 10.6 Å². The van der Waals surface area contributed by atoms with Crippen molar-refractivity contribution in [3.63, 3.8) is 0 Å². The minimum absolute atomic E-state index is 0.0488. The Morgan fingerprint density at radius 2 is 1.96 bits per heavy atom. The maximum absolute atomic E-state index is 12.5. The molecular weight excluding hydrogens is 402 g/mol. The van der Waals surface area contributed by atoms with Crippen LogP contribution in [0.2, 0.25) is 0 Å². The van der Waals surface area contributed by atoms with Gasteiger partial charge in [-0.05, 0) is 42.5 Å². The van der Waals surface area contributed by atoms with Crippen LogP contribution in [0.4, 0.5) is 11.4 Å². The van der Waals surface area contributed by atoms with Crippen molar-refractivity contribution in [2.75, 3.05) is 15.8 Å². The van der Waals surface area contributed by atoms with Gasteiger partial charge in [-0.1, -0.05) is 13.0 Å². The molecule has 142 valence electrons. The van der Waals surface area contributed by atoms with E-state index in [1.807, 2.05) is 16.8 Å². The van der Waals surface area contributed by atoms with Crippen LogP contribution in [0.3, 0.4) is 0 Å². The molecule has 0 bridgehead atoms. The van der Waals surface area contributed by atoms with Crippen molar-refractivity contribution in [3.8, 4) is 10.6 Å². The van der Waals surface area contributed by atoms with Gasteiger partial charge in [0.05, 0.1) is 11.4 Å². The molecule has 27 heavy (non-hydrogen) atoms. The number of rotatable bonds is 7. The second kappa shape index (κ2) is 8.20. The van der Waals surface area contributed by atoms with Crippen LogP contribution in [-0.4, -0.2) is 25.1 Å². The highest BCUT2D eigenvalue weighted by atomic mass is 32.2. The largest absolute Gasteiger partial charge is 0.320 e. The van der Waals surface area contributed by atoms with Crippen molar-refractivity contribution >= 4 is 50.0 Å². The summed E-state index contributed by atoms with van der Waals surface area (Å²) in [6, 6.07) is 7.07. The predicted molar refractivity (Wildman–Crippen MR) is 112 cm³/mol. The fraction of sp³-hybridized carbons (Fsp3) is 0.222. The van der Waals surface area contributed by atoms with Gasteiger partial charge in [-0.3, -0.25) is 9.52 Å². The maximum Gasteiger partial charge on any atom is 0.275 e. The van der Waals surface area contributed by atoms with E-state index in [1.54, 1.807) is 48.8 Å². The van der Waals surface area contributed by atoms with Crippen molar-refractivity contribution < 1.29 is 13.2 Å². The van der Waals surface area contributed by atoms with Crippen LogP contribution in [0.15, 0.2) is 40.4 Å². The number of carbonyl (C=O) groups excluding carboxylic acids is 1. The number of hydrogen-bond donors (Lipinski definition) is 2. The molecule has 0 aliphatic rings. The lowest BCUT2D eigenvalue weighted by Crippen LogP contribution is -2.18. The van der Waals surface area contributed by atoms with Gasteiger partial charge in [-0.25, -0.2) is 13.4 Å². The van der Waals surface area contributed by atoms with E-state index in [-0.39, 0.29) is 11.7 Å². The van der Waals surface area contributed by atoms with Crippen molar-refractivity contribution in [1.82, 2.24) is 4.98 Å². The highest BCUT2D eigenvalue weighted by molar-refractivity contribution is 7.92. The van der Waals surface area contributed by atoms with E-state index in [9.17, 15) is 13.2 Å². The summed E-state index contributed by atoms with van der Waals surface area (Å²) in [5, 5.41) is 9.27. The second-order valence-corrected chi connectivity index (χ2v) is 9.38. The Labute approximate surface area is 166 Å². The normalized spacial score (nSPS) is 11.3. The Hall–Kier alpha value is -2.23. The van der Waals surface area contributed by atoms with Crippen molar-refractivity contribution in [3.05, 3.63) is 51.7 Å². The first-order chi connectivity index (χ1) is 12.9. The molecule has 2 aromatic heterocycles. The Kier molecular flexibility index (Phi) is 5.93. The molecule has 2 heterocycles. The van der Waals surface area contributed by atoms with Crippen LogP contribution >= 0.6 is 22.7 Å². The third kappa shape index (κ3) is 4.74. The third-order valence-electron chi connectivity index (χ3n) is 3.83. The molecule has 0 spiro atoms. The van der Waals surface area contributed by atoms with E-state index in [0.29, 0.717) is 29.1 Å². The smallest absolute Gasteiger partial charge is 0.275 e. The van der Waals surface area contributed by atoms with Crippen LogP contribution in [0.1, 0.15) is 29.4 Å². The van der Waals surface area contributed by atoms with Crippen molar-refractivity contribution in [1.29, 1.82) is 0 Å². The number of thiophene rings is 1. The summed E-state index contributed by atoms with van der Waals surface area (Å²) < 4.78 is 26.6. The minimum Gasteiger partial charge on any atom is -0.320 e. The van der Waals surface area contributed by atoms with Crippen LogP contribution in [-0.2, 0) is 10.0 Å². The summed E-state index contributed by atoms with van der Waals surface area (Å²) in [5.41, 5.74) is 2.98. The topological polar surface area (TPSA) is 88.2 Å². The average Bonchev–Trinajstić information content (AvgIpc) is 3.29. The molecule has 0 saturated heterocycles. The number of thiazole rings is 1. The van der Waals surface area contributed by atoms with Gasteiger partial charge in [0.1, 0.15) is 10.7 Å². The molecule has 3 rings (SSSR count). The minimum atomic E-state index is -3.40. The molecule has 6 nitrogen and oxygen atoms in total. The van der Waals surface area contributed by atoms with Gasteiger partial charge in [-0.15, -0.1) is 11.3 Å². The summed E-state index contributed by atoms with van der Waals surface area (Å²) in [5.74, 6) is -0.280. The van der Waals surface area contributed by atoms with Crippen LogP contribution in [0.5, 0.6) is 0 Å². The summed E-state index contributed by atoms with van der Waals surface area (Å²) in [7, 11) is -3.40. The van der Waals surface area contributed by atoms with E-state index < -0.39 is 10.0 Å². The molecule has 9 heteroatoms. The van der Waals surface area contributed by atoms with Gasteiger partial charge >= 0.3 is 0 Å². The van der Waals surface area contributed by atoms with Crippen LogP contribution in [0, 0.1) is 6.92 Å². The lowest BCUT2D eigenvalue weighted by molar-refractivity contribution is 0.102. The van der Waals surface area contributed by atoms with Crippen LogP contribution < -0.4 is 10.0 Å². The molecule has 0 aliphatic carbocycles. The van der Waals surface area contributed by atoms with Gasteiger partial charge in [0.15, 0.2) is 0 Å². The Morgan fingerprint density at radius 1 is 1.19 bits per heavy atom. The highest BCUT2D eigenvalue weighted by Crippen LogP contribution is 2.27. The number of benzene rings is 1. The van der Waals surface area contributed by atoms with E-state index >= 15 is 0 Å². The van der Waals surface area contributed by atoms with Crippen molar-refractivity contribution in [2.45, 2.75) is 20.3 Å². The van der Waals surface area contributed by atoms with Crippen LogP contribution in [0.25, 0.3) is 10.6 Å². The van der Waals surface area contributed by atoms with E-state index in [4.69, 9.17) is 0 Å². The van der Waals surface area contributed by atoms with Gasteiger partial charge in [0.25, 0.3) is 5.91 Å². The zero-order chi connectivity index (χ0) is 19.4. The molecule has 0 aliphatic heterocycles. The summed E-state index contributed by atoms with van der Waals surface area (Å²) in [4.78, 5) is 16.9. The third-order valence-corrected chi connectivity index (χ3v) is 6.88. The molecule has 0 fully saturated rings. The number of hydrogen-bond acceptors (Lipinski definition) is 6. The Bertz CT molecular complexity index is 1040. The quantitative estimate of drug-likeness (QED) is 0.584. The zero-order valence-corrected chi connectivity index (χ0v) is 17.3. The van der Waals surface area contributed by atoms with Gasteiger partial charge in [-0.2, -0.15) is 11.3 Å². The van der Waals surface area contributed by atoms with E-state index in [1.165, 1.54) is 11.3 Å². The van der Waals surface area contributed by atoms with Gasteiger partial charge in [0.2, 0.25) is 10.0 Å². The van der Waals surface area contributed by atoms with Gasteiger partial charge in [0, 0.05) is 22.0 Å². The molecule has 2 N–H and O–H groups in total. The first-order valence-electron chi connectivity index (χ1n) is 8.29. The molecular formula is C18H19N3O3S3. The number of aromatic nitrogens is 1. The number of amides is 1. The fourth-order valence-electron chi connectivity index (χ4n) is 2.45. The lowest BCUT2D eigenvalue weighted by atomic mass is 10.1. The van der Waals surface area contributed by atoms with Gasteiger partial charge < -0.3 is 5.32 Å². The van der Waals surface area contributed by atoms with E-state index in [2.05, 4.69) is 15.0 Å². The summed E-state index contributed by atoms with van der Waals surface area (Å²) in [6.45, 7) is 3.57. The Morgan fingerprint density at radius 3 is 2.67 bits per heavy atom. The second-order valence-electron chi connectivity index (χ2n) is 5.90. The molecule has 1 aromatic carbocycles. The number of nitrogens with zero attached hydrogens (tertiary/aromatic N) is 1. The number of carbonyl (C=O) groups is 1. The maximum atomic E-state index is 12.5. The summed E-state index contributed by atoms with van der Waals surface area (Å²) in [6.07, 6.45) is 0.529. The monoisotopic (exact) mass is 421 g/mol.